The molecule has 0 spiro atoms. The van der Waals surface area contributed by atoms with E-state index in [4.69, 9.17) is 22.1 Å². The molecule has 1 rings (SSSR count). The molecular formula is C15H25ClN2O. The number of ether oxygens (including phenoxy) is 1. The molecule has 0 aromatic heterocycles. The van der Waals surface area contributed by atoms with Gasteiger partial charge in [0.2, 0.25) is 0 Å². The molecule has 4 heteroatoms. The number of hydrogen-bond acceptors (Lipinski definition) is 3. The Hall–Kier alpha value is -0.770. The first-order valence-electron chi connectivity index (χ1n) is 6.82. The summed E-state index contributed by atoms with van der Waals surface area (Å²) in [5.41, 5.74) is 6.03. The summed E-state index contributed by atoms with van der Waals surface area (Å²) in [7, 11) is 2.09. The third-order valence-corrected chi connectivity index (χ3v) is 3.58. The highest BCUT2D eigenvalue weighted by Gasteiger charge is 2.09. The molecule has 1 unspecified atom stereocenters. The SMILES string of the molecule is CC(C)C(N)CCN(C)CCOc1ccccc1Cl. The van der Waals surface area contributed by atoms with Crippen LogP contribution >= 0.6 is 11.6 Å². The third kappa shape index (κ3) is 6.28. The van der Waals surface area contributed by atoms with Crippen LogP contribution in [-0.2, 0) is 0 Å². The van der Waals surface area contributed by atoms with Crippen molar-refractivity contribution in [2.45, 2.75) is 26.3 Å². The van der Waals surface area contributed by atoms with Crippen LogP contribution in [0.1, 0.15) is 20.3 Å². The summed E-state index contributed by atoms with van der Waals surface area (Å²) in [6.07, 6.45) is 1.01. The summed E-state index contributed by atoms with van der Waals surface area (Å²) in [6, 6.07) is 7.81. The van der Waals surface area contributed by atoms with E-state index in [-0.39, 0.29) is 6.04 Å². The Morgan fingerprint density at radius 2 is 1.95 bits per heavy atom. The second-order valence-corrected chi connectivity index (χ2v) is 5.69. The van der Waals surface area contributed by atoms with Gasteiger partial charge in [-0.05, 0) is 38.1 Å². The van der Waals surface area contributed by atoms with Gasteiger partial charge in [0.05, 0.1) is 5.02 Å². The van der Waals surface area contributed by atoms with E-state index in [1.807, 2.05) is 24.3 Å². The van der Waals surface area contributed by atoms with E-state index in [9.17, 15) is 0 Å². The summed E-state index contributed by atoms with van der Waals surface area (Å²) >= 11 is 6.02. The Bertz CT molecular complexity index is 371. The van der Waals surface area contributed by atoms with Gasteiger partial charge in [-0.3, -0.25) is 0 Å². The molecule has 1 aromatic rings. The molecule has 0 heterocycles. The van der Waals surface area contributed by atoms with Gasteiger partial charge < -0.3 is 15.4 Å². The van der Waals surface area contributed by atoms with Crippen molar-refractivity contribution in [3.63, 3.8) is 0 Å². The minimum atomic E-state index is 0.270. The maximum absolute atomic E-state index is 6.03. The Morgan fingerprint density at radius 3 is 2.58 bits per heavy atom. The number of benzene rings is 1. The van der Waals surface area contributed by atoms with E-state index in [0.29, 0.717) is 17.5 Å². The van der Waals surface area contributed by atoms with Crippen molar-refractivity contribution in [2.75, 3.05) is 26.7 Å². The number of likely N-dealkylation sites (N-methyl/N-ethyl adjacent to an activating group) is 1. The van der Waals surface area contributed by atoms with E-state index < -0.39 is 0 Å². The minimum Gasteiger partial charge on any atom is -0.491 e. The predicted octanol–water partition coefficient (Wildman–Crippen LogP) is 3.02. The lowest BCUT2D eigenvalue weighted by molar-refractivity contribution is 0.229. The molecule has 0 fully saturated rings. The maximum Gasteiger partial charge on any atom is 0.137 e. The molecule has 0 saturated carbocycles. The Kier molecular flexibility index (Phi) is 7.21. The van der Waals surface area contributed by atoms with Gasteiger partial charge in [-0.25, -0.2) is 0 Å². The molecule has 108 valence electrons. The summed E-state index contributed by atoms with van der Waals surface area (Å²) in [4.78, 5) is 2.24. The second-order valence-electron chi connectivity index (χ2n) is 5.28. The summed E-state index contributed by atoms with van der Waals surface area (Å²) in [5, 5.41) is 0.659. The molecule has 0 aliphatic rings. The van der Waals surface area contributed by atoms with E-state index in [1.54, 1.807) is 0 Å². The van der Waals surface area contributed by atoms with Gasteiger partial charge >= 0.3 is 0 Å². The lowest BCUT2D eigenvalue weighted by Crippen LogP contribution is -2.33. The monoisotopic (exact) mass is 284 g/mol. The van der Waals surface area contributed by atoms with Crippen molar-refractivity contribution in [1.29, 1.82) is 0 Å². The molecule has 0 amide bonds. The van der Waals surface area contributed by atoms with E-state index in [0.717, 1.165) is 25.3 Å². The van der Waals surface area contributed by atoms with Crippen molar-refractivity contribution in [3.05, 3.63) is 29.3 Å². The number of halogens is 1. The van der Waals surface area contributed by atoms with Crippen LogP contribution in [0, 0.1) is 5.92 Å². The summed E-state index contributed by atoms with van der Waals surface area (Å²) in [6.45, 7) is 6.81. The zero-order valence-electron chi connectivity index (χ0n) is 12.1. The highest BCUT2D eigenvalue weighted by molar-refractivity contribution is 6.32. The summed E-state index contributed by atoms with van der Waals surface area (Å²) < 4.78 is 5.66. The number of para-hydroxylation sites is 1. The molecule has 0 radical (unpaired) electrons. The van der Waals surface area contributed by atoms with Crippen LogP contribution in [0.15, 0.2) is 24.3 Å². The maximum atomic E-state index is 6.03. The van der Waals surface area contributed by atoms with Crippen LogP contribution in [0.3, 0.4) is 0 Å². The van der Waals surface area contributed by atoms with Gasteiger partial charge in [-0.15, -0.1) is 0 Å². The lowest BCUT2D eigenvalue weighted by Gasteiger charge is -2.21. The van der Waals surface area contributed by atoms with Gasteiger partial charge in [0.1, 0.15) is 12.4 Å². The Balaban J connectivity index is 2.20. The molecule has 19 heavy (non-hydrogen) atoms. The topological polar surface area (TPSA) is 38.5 Å². The lowest BCUT2D eigenvalue weighted by atomic mass is 10.0. The smallest absolute Gasteiger partial charge is 0.137 e. The van der Waals surface area contributed by atoms with Crippen molar-refractivity contribution in [3.8, 4) is 5.75 Å². The van der Waals surface area contributed by atoms with Gasteiger partial charge in [-0.1, -0.05) is 37.6 Å². The fraction of sp³-hybridized carbons (Fsp3) is 0.600. The Morgan fingerprint density at radius 1 is 1.26 bits per heavy atom. The van der Waals surface area contributed by atoms with Crippen LogP contribution in [0.25, 0.3) is 0 Å². The van der Waals surface area contributed by atoms with Crippen LogP contribution in [0.2, 0.25) is 5.02 Å². The average molecular weight is 285 g/mol. The van der Waals surface area contributed by atoms with Crippen molar-refractivity contribution in [2.24, 2.45) is 11.7 Å². The molecule has 0 aliphatic carbocycles. The van der Waals surface area contributed by atoms with Crippen LogP contribution in [-0.4, -0.2) is 37.7 Å². The number of nitrogens with zero attached hydrogens (tertiary/aromatic N) is 1. The van der Waals surface area contributed by atoms with Crippen LogP contribution < -0.4 is 10.5 Å². The molecule has 0 saturated heterocycles. The minimum absolute atomic E-state index is 0.270. The molecule has 2 N–H and O–H groups in total. The molecule has 1 aromatic carbocycles. The first-order valence-corrected chi connectivity index (χ1v) is 7.20. The van der Waals surface area contributed by atoms with Crippen LogP contribution in [0.5, 0.6) is 5.75 Å². The fourth-order valence-electron chi connectivity index (χ4n) is 1.69. The van der Waals surface area contributed by atoms with Crippen molar-refractivity contribution < 1.29 is 4.74 Å². The molecule has 1 atom stereocenters. The van der Waals surface area contributed by atoms with Gasteiger partial charge in [0.15, 0.2) is 0 Å². The largest absolute Gasteiger partial charge is 0.491 e. The highest BCUT2D eigenvalue weighted by Crippen LogP contribution is 2.22. The first-order chi connectivity index (χ1) is 9.00. The van der Waals surface area contributed by atoms with Gasteiger partial charge in [-0.2, -0.15) is 0 Å². The molecule has 3 nitrogen and oxygen atoms in total. The Labute approximate surface area is 121 Å². The zero-order valence-corrected chi connectivity index (χ0v) is 12.9. The van der Waals surface area contributed by atoms with E-state index in [1.165, 1.54) is 0 Å². The summed E-state index contributed by atoms with van der Waals surface area (Å²) in [5.74, 6) is 1.28. The quantitative estimate of drug-likeness (QED) is 0.797. The fourth-order valence-corrected chi connectivity index (χ4v) is 1.88. The number of hydrogen-bond donors (Lipinski definition) is 1. The second kappa shape index (κ2) is 8.41. The number of nitrogens with two attached hydrogens (primary N) is 1. The highest BCUT2D eigenvalue weighted by atomic mass is 35.5. The molecule has 0 bridgehead atoms. The van der Waals surface area contributed by atoms with E-state index in [2.05, 4.69) is 25.8 Å². The van der Waals surface area contributed by atoms with Gasteiger partial charge in [0.25, 0.3) is 0 Å². The zero-order chi connectivity index (χ0) is 14.3. The molecular weight excluding hydrogens is 260 g/mol. The van der Waals surface area contributed by atoms with E-state index >= 15 is 0 Å². The standard InChI is InChI=1S/C15H25ClN2O/c1-12(2)14(17)8-9-18(3)10-11-19-15-7-5-4-6-13(15)16/h4-7,12,14H,8-11,17H2,1-3H3. The third-order valence-electron chi connectivity index (χ3n) is 3.27. The number of rotatable bonds is 8. The first kappa shape index (κ1) is 16.3. The molecule has 0 aliphatic heterocycles. The van der Waals surface area contributed by atoms with Crippen LogP contribution in [0.4, 0.5) is 0 Å². The van der Waals surface area contributed by atoms with Crippen molar-refractivity contribution >= 4 is 11.6 Å². The normalized spacial score (nSPS) is 13.0. The average Bonchev–Trinajstić information content (AvgIpc) is 2.38. The van der Waals surface area contributed by atoms with Crippen molar-refractivity contribution in [1.82, 2.24) is 4.90 Å². The van der Waals surface area contributed by atoms with Gasteiger partial charge in [0, 0.05) is 12.6 Å². The predicted molar refractivity (Wildman–Crippen MR) is 81.9 cm³/mol.